The summed E-state index contributed by atoms with van der Waals surface area (Å²) in [7, 11) is 0. The van der Waals surface area contributed by atoms with Gasteiger partial charge in [-0.3, -0.25) is 4.90 Å². The first kappa shape index (κ1) is 35.6. The SMILES string of the molecule is CC(C)C(OC(N)=O)[C@@H]1C[C@@H](C)[C@H]2C(O1)[C@H](O)[C@@]1(C)C3CCC4C(C)(C)C(OC(=O)NC5CN(CC(F)(F)F)C5)CCC45CC35CCC21C. The summed E-state index contributed by atoms with van der Waals surface area (Å²) in [6, 6.07) is -0.331. The number of primary amides is 1. The van der Waals surface area contributed by atoms with Crippen LogP contribution in [0.4, 0.5) is 22.8 Å². The van der Waals surface area contributed by atoms with Gasteiger partial charge in [0.2, 0.25) is 0 Å². The molecular weight excluding hydrogens is 639 g/mol. The van der Waals surface area contributed by atoms with Crippen molar-refractivity contribution in [2.24, 2.45) is 62.4 Å². The molecule has 2 saturated heterocycles. The fraction of sp³-hybridized carbons (Fsp3) is 0.946. The average Bonchev–Trinajstić information content (AvgIpc) is 3.60. The van der Waals surface area contributed by atoms with Crippen LogP contribution in [0.5, 0.6) is 0 Å². The summed E-state index contributed by atoms with van der Waals surface area (Å²) < 4.78 is 56.6. The summed E-state index contributed by atoms with van der Waals surface area (Å²) >= 11 is 0. The number of halogens is 3. The standard InChI is InChI=1S/C37H58F3N3O6/c1-19(2)27(49-30(41)45)22-14-20(3)26-28(47-22)29(44)34(7)24-9-8-23-32(4,5)25(10-11-35(23)17-36(24,35)13-12-33(26,34)6)48-31(46)42-21-15-43(16-21)18-37(38,39)40/h19-29,44H,8-18H2,1-7H3,(H2,41,45)(H,42,46)/t20-,22+,23?,24?,25?,26+,27?,28?,29+,33?,34-,35?,36?/m1/s1. The molecule has 49 heavy (non-hydrogen) atoms. The Morgan fingerprint density at radius 3 is 2.33 bits per heavy atom. The molecule has 9 nitrogen and oxygen atoms in total. The fourth-order valence-corrected chi connectivity index (χ4v) is 13.9. The number of aliphatic hydroxyl groups excluding tert-OH is 1. The maximum absolute atomic E-state index is 13.0. The molecule has 7 fully saturated rings. The first-order valence-corrected chi connectivity index (χ1v) is 18.8. The van der Waals surface area contributed by atoms with Crippen LogP contribution in [0.3, 0.4) is 0 Å². The predicted octanol–water partition coefficient (Wildman–Crippen LogP) is 6.26. The van der Waals surface area contributed by atoms with Gasteiger partial charge in [0.05, 0.1) is 30.9 Å². The van der Waals surface area contributed by atoms with Crippen molar-refractivity contribution in [1.82, 2.24) is 10.2 Å². The number of hydrogen-bond donors (Lipinski definition) is 3. The van der Waals surface area contributed by atoms with Gasteiger partial charge >= 0.3 is 18.4 Å². The lowest BCUT2D eigenvalue weighted by Gasteiger charge is -2.63. The van der Waals surface area contributed by atoms with Crippen molar-refractivity contribution < 1.29 is 42.1 Å². The summed E-state index contributed by atoms with van der Waals surface area (Å²) in [6.07, 6.45) is 0.204. The highest BCUT2D eigenvalue weighted by Gasteiger charge is 2.84. The number of nitrogens with two attached hydrogens (primary N) is 1. The molecule has 0 aromatic rings. The normalized spacial score (nSPS) is 47.8. The van der Waals surface area contributed by atoms with Gasteiger partial charge in [-0.15, -0.1) is 0 Å². The second-order valence-corrected chi connectivity index (χ2v) is 18.7. The number of rotatable bonds is 6. The van der Waals surface area contributed by atoms with E-state index < -0.39 is 37.1 Å². The molecule has 5 aliphatic carbocycles. The Balaban J connectivity index is 1.06. The van der Waals surface area contributed by atoms with Crippen LogP contribution >= 0.6 is 0 Å². The Bertz CT molecular complexity index is 1340. The Morgan fingerprint density at radius 1 is 1.04 bits per heavy atom. The van der Waals surface area contributed by atoms with Gasteiger partial charge in [-0.25, -0.2) is 9.59 Å². The van der Waals surface area contributed by atoms with Gasteiger partial charge in [-0.1, -0.05) is 48.5 Å². The average molecular weight is 698 g/mol. The number of ether oxygens (including phenoxy) is 3. The Morgan fingerprint density at radius 2 is 1.69 bits per heavy atom. The number of aliphatic hydroxyl groups is 1. The van der Waals surface area contributed by atoms with Crippen LogP contribution < -0.4 is 11.1 Å². The lowest BCUT2D eigenvalue weighted by molar-refractivity contribution is -0.184. The van der Waals surface area contributed by atoms with Crippen LogP contribution in [-0.4, -0.2) is 84.6 Å². The molecule has 278 valence electrons. The van der Waals surface area contributed by atoms with E-state index in [1.54, 1.807) is 0 Å². The maximum Gasteiger partial charge on any atom is 0.407 e. The smallest absolute Gasteiger partial charge is 0.407 e. The van der Waals surface area contributed by atoms with Crippen molar-refractivity contribution in [1.29, 1.82) is 0 Å². The molecule has 0 bridgehead atoms. The Kier molecular flexibility index (Phi) is 8.25. The minimum atomic E-state index is -4.25. The molecule has 0 radical (unpaired) electrons. The van der Waals surface area contributed by atoms with Crippen molar-refractivity contribution >= 4 is 12.2 Å². The van der Waals surface area contributed by atoms with Crippen LogP contribution in [0.15, 0.2) is 0 Å². The van der Waals surface area contributed by atoms with E-state index in [9.17, 15) is 27.9 Å². The number of hydrogen-bond acceptors (Lipinski definition) is 7. The van der Waals surface area contributed by atoms with Gasteiger partial charge < -0.3 is 30.4 Å². The third kappa shape index (κ3) is 5.09. The molecule has 13 atom stereocenters. The van der Waals surface area contributed by atoms with Crippen LogP contribution in [0.1, 0.15) is 99.8 Å². The topological polar surface area (TPSA) is 123 Å². The lowest BCUT2D eigenvalue weighted by Crippen LogP contribution is -2.62. The van der Waals surface area contributed by atoms with E-state index in [1.165, 1.54) is 4.90 Å². The minimum absolute atomic E-state index is 0.0264. The molecule has 2 amide bonds. The number of nitrogens with one attached hydrogen (secondary N) is 1. The number of amides is 2. The zero-order chi connectivity index (χ0) is 35.7. The van der Waals surface area contributed by atoms with E-state index in [1.807, 2.05) is 13.8 Å². The third-order valence-corrected chi connectivity index (χ3v) is 16.0. The fourth-order valence-electron chi connectivity index (χ4n) is 13.9. The van der Waals surface area contributed by atoms with E-state index in [0.29, 0.717) is 11.8 Å². The van der Waals surface area contributed by atoms with Crippen molar-refractivity contribution in [2.45, 2.75) is 143 Å². The van der Waals surface area contributed by atoms with E-state index in [0.717, 1.165) is 51.4 Å². The molecule has 8 unspecified atom stereocenters. The number of carbonyl (C=O) groups is 2. The summed E-state index contributed by atoms with van der Waals surface area (Å²) in [5, 5.41) is 15.3. The van der Waals surface area contributed by atoms with Crippen LogP contribution in [0, 0.1) is 56.7 Å². The quantitative estimate of drug-likeness (QED) is 0.300. The number of nitrogens with zero attached hydrogens (tertiary/aromatic N) is 1. The zero-order valence-corrected chi connectivity index (χ0v) is 30.3. The van der Waals surface area contributed by atoms with Gasteiger partial charge in [0.25, 0.3) is 0 Å². The number of likely N-dealkylation sites (tertiary alicyclic amines) is 1. The second-order valence-electron chi connectivity index (χ2n) is 18.7. The van der Waals surface area contributed by atoms with Crippen molar-refractivity contribution in [3.63, 3.8) is 0 Å². The molecule has 0 aromatic heterocycles. The monoisotopic (exact) mass is 697 g/mol. The van der Waals surface area contributed by atoms with Crippen molar-refractivity contribution in [3.05, 3.63) is 0 Å². The van der Waals surface area contributed by atoms with Gasteiger partial charge in [-0.2, -0.15) is 13.2 Å². The zero-order valence-electron chi connectivity index (χ0n) is 30.3. The molecule has 5 saturated carbocycles. The Hall–Kier alpha value is -1.79. The third-order valence-electron chi connectivity index (χ3n) is 16.0. The van der Waals surface area contributed by atoms with Gasteiger partial charge in [0.15, 0.2) is 0 Å². The van der Waals surface area contributed by atoms with Gasteiger partial charge in [0, 0.05) is 23.9 Å². The van der Waals surface area contributed by atoms with E-state index >= 15 is 0 Å². The highest BCUT2D eigenvalue weighted by Crippen LogP contribution is 2.89. The van der Waals surface area contributed by atoms with E-state index in [-0.39, 0.29) is 82.3 Å². The minimum Gasteiger partial charge on any atom is -0.446 e. The molecule has 0 aromatic carbocycles. The van der Waals surface area contributed by atoms with E-state index in [4.69, 9.17) is 19.9 Å². The first-order chi connectivity index (χ1) is 22.7. The maximum atomic E-state index is 13.0. The predicted molar refractivity (Wildman–Crippen MR) is 175 cm³/mol. The lowest BCUT2D eigenvalue weighted by atomic mass is 9.41. The molecule has 4 N–H and O–H groups in total. The van der Waals surface area contributed by atoms with Crippen LogP contribution in [-0.2, 0) is 14.2 Å². The number of alkyl halides is 3. The molecule has 7 aliphatic rings. The molecule has 2 aliphatic heterocycles. The van der Waals surface area contributed by atoms with Crippen LogP contribution in [0.2, 0.25) is 0 Å². The first-order valence-electron chi connectivity index (χ1n) is 18.8. The Labute approximate surface area is 288 Å². The summed E-state index contributed by atoms with van der Waals surface area (Å²) in [5.41, 5.74) is 5.05. The molecular formula is C37H58F3N3O6. The van der Waals surface area contributed by atoms with Gasteiger partial charge in [-0.05, 0) is 97.2 Å². The number of fused-ring (bicyclic) bond motifs is 4. The number of alkyl carbamates (subject to hydrolysis) is 1. The second kappa shape index (κ2) is 11.4. The summed E-state index contributed by atoms with van der Waals surface area (Å²) in [4.78, 5) is 26.1. The molecule has 2 spiro atoms. The summed E-state index contributed by atoms with van der Waals surface area (Å²) in [5.74, 6) is 1.23. The van der Waals surface area contributed by atoms with Crippen LogP contribution in [0.25, 0.3) is 0 Å². The molecule has 7 rings (SSSR count). The number of carbonyl (C=O) groups excluding carboxylic acids is 2. The molecule has 2 heterocycles. The highest BCUT2D eigenvalue weighted by molar-refractivity contribution is 5.68. The van der Waals surface area contributed by atoms with E-state index in [2.05, 4.69) is 39.9 Å². The van der Waals surface area contributed by atoms with Crippen molar-refractivity contribution in [2.75, 3.05) is 19.6 Å². The van der Waals surface area contributed by atoms with Gasteiger partial charge in [0.1, 0.15) is 12.2 Å². The largest absolute Gasteiger partial charge is 0.446 e. The van der Waals surface area contributed by atoms with Crippen molar-refractivity contribution in [3.8, 4) is 0 Å². The highest BCUT2D eigenvalue weighted by atomic mass is 19.4. The summed E-state index contributed by atoms with van der Waals surface area (Å²) in [6.45, 7) is 14.9. The molecule has 12 heteroatoms.